The van der Waals surface area contributed by atoms with Gasteiger partial charge in [0, 0.05) is 12.1 Å². The normalized spacial score (nSPS) is 11.3. The highest BCUT2D eigenvalue weighted by Gasteiger charge is 2.15. The molecule has 0 aliphatic carbocycles. The molecule has 1 aromatic carbocycles. The van der Waals surface area contributed by atoms with Crippen molar-refractivity contribution in [1.29, 1.82) is 0 Å². The quantitative estimate of drug-likeness (QED) is 0.434. The number of nitrogens with two attached hydrogens (primary N) is 1. The predicted octanol–water partition coefficient (Wildman–Crippen LogP) is 2.34. The van der Waals surface area contributed by atoms with Gasteiger partial charge in [-0.05, 0) is 41.1 Å². The van der Waals surface area contributed by atoms with E-state index in [9.17, 15) is 8.78 Å². The first kappa shape index (κ1) is 19.0. The van der Waals surface area contributed by atoms with Crippen molar-refractivity contribution in [2.24, 2.45) is 0 Å². The topological polar surface area (TPSA) is 110 Å². The van der Waals surface area contributed by atoms with Gasteiger partial charge in [-0.25, -0.2) is 9.36 Å². The smallest absolute Gasteiger partial charge is 0.387 e. The molecule has 27 heavy (non-hydrogen) atoms. The van der Waals surface area contributed by atoms with Gasteiger partial charge in [-0.2, -0.15) is 8.78 Å². The van der Waals surface area contributed by atoms with Gasteiger partial charge in [-0.1, -0.05) is 25.1 Å². The molecule has 2 aromatic heterocycles. The van der Waals surface area contributed by atoms with E-state index in [1.165, 1.54) is 28.6 Å². The number of aromatic nitrogens is 7. The number of thioether (sulfide) groups is 1. The Morgan fingerprint density at radius 3 is 2.67 bits per heavy atom. The second-order valence-corrected chi connectivity index (χ2v) is 6.48. The number of tetrazole rings is 1. The lowest BCUT2D eigenvalue weighted by Crippen LogP contribution is -2.12. The van der Waals surface area contributed by atoms with Gasteiger partial charge in [-0.3, -0.25) is 0 Å². The van der Waals surface area contributed by atoms with Crippen LogP contribution in [0.5, 0.6) is 5.75 Å². The van der Waals surface area contributed by atoms with Gasteiger partial charge in [0.1, 0.15) is 5.75 Å². The van der Waals surface area contributed by atoms with Crippen LogP contribution >= 0.6 is 11.8 Å². The molecule has 0 atom stereocenters. The molecule has 2 heterocycles. The van der Waals surface area contributed by atoms with Crippen molar-refractivity contribution in [3.8, 4) is 17.1 Å². The third kappa shape index (κ3) is 4.70. The van der Waals surface area contributed by atoms with E-state index >= 15 is 0 Å². The molecule has 0 bridgehead atoms. The fraction of sp³-hybridized carbons (Fsp3) is 0.400. The van der Waals surface area contributed by atoms with Gasteiger partial charge in [0.2, 0.25) is 5.16 Å². The first-order chi connectivity index (χ1) is 13.1. The van der Waals surface area contributed by atoms with E-state index in [1.54, 1.807) is 16.8 Å². The van der Waals surface area contributed by atoms with E-state index in [-0.39, 0.29) is 5.75 Å². The molecule has 0 amide bonds. The van der Waals surface area contributed by atoms with Crippen molar-refractivity contribution < 1.29 is 13.5 Å². The largest absolute Gasteiger partial charge is 0.435 e. The van der Waals surface area contributed by atoms with E-state index in [2.05, 4.69) is 37.4 Å². The number of nitrogens with zero attached hydrogens (tertiary/aromatic N) is 7. The summed E-state index contributed by atoms with van der Waals surface area (Å²) in [5, 5.41) is 20.3. The summed E-state index contributed by atoms with van der Waals surface area (Å²) in [5.74, 6) is 7.76. The molecule has 0 aliphatic rings. The van der Waals surface area contributed by atoms with Crippen molar-refractivity contribution in [2.75, 3.05) is 5.84 Å². The summed E-state index contributed by atoms with van der Waals surface area (Å²) in [4.78, 5) is 0. The third-order valence-corrected chi connectivity index (χ3v) is 4.60. The highest BCUT2D eigenvalue weighted by atomic mass is 32.2. The lowest BCUT2D eigenvalue weighted by atomic mass is 10.2. The number of unbranched alkanes of at least 4 members (excludes halogenated alkanes) is 1. The molecule has 0 fully saturated rings. The van der Waals surface area contributed by atoms with Crippen LogP contribution in [-0.4, -0.2) is 41.7 Å². The average Bonchev–Trinajstić information content (AvgIpc) is 3.25. The van der Waals surface area contributed by atoms with Gasteiger partial charge in [0.15, 0.2) is 11.6 Å². The van der Waals surface area contributed by atoms with Crippen molar-refractivity contribution in [1.82, 2.24) is 35.1 Å². The minimum absolute atomic E-state index is 0.0605. The van der Waals surface area contributed by atoms with Crippen LogP contribution in [0.2, 0.25) is 0 Å². The number of benzene rings is 1. The summed E-state index contributed by atoms with van der Waals surface area (Å²) in [7, 11) is 0. The SMILES string of the molecule is CCCCn1nnnc1CSc1nnc(-c2ccc(OC(F)F)cc2)n1N. The van der Waals surface area contributed by atoms with Crippen LogP contribution in [0.4, 0.5) is 8.78 Å². The minimum atomic E-state index is -2.87. The van der Waals surface area contributed by atoms with Crippen molar-refractivity contribution >= 4 is 11.8 Å². The molecule has 3 aromatic rings. The Hall–Kier alpha value is -2.76. The molecule has 3 rings (SSSR count). The van der Waals surface area contributed by atoms with Crippen molar-refractivity contribution in [2.45, 2.75) is 43.8 Å². The predicted molar refractivity (Wildman–Crippen MR) is 94.5 cm³/mol. The molecule has 0 unspecified atom stereocenters. The molecule has 9 nitrogen and oxygen atoms in total. The Balaban J connectivity index is 1.68. The zero-order valence-electron chi connectivity index (χ0n) is 14.5. The number of halogens is 2. The fourth-order valence-corrected chi connectivity index (χ4v) is 3.08. The van der Waals surface area contributed by atoms with Crippen LogP contribution in [0.25, 0.3) is 11.4 Å². The summed E-state index contributed by atoms with van der Waals surface area (Å²) < 4.78 is 31.9. The summed E-state index contributed by atoms with van der Waals surface area (Å²) >= 11 is 1.36. The molecule has 0 aliphatic heterocycles. The number of hydrogen-bond donors (Lipinski definition) is 1. The summed E-state index contributed by atoms with van der Waals surface area (Å²) in [6, 6.07) is 6.02. The summed E-state index contributed by atoms with van der Waals surface area (Å²) in [6.45, 7) is -0.0121. The zero-order valence-corrected chi connectivity index (χ0v) is 15.3. The Morgan fingerprint density at radius 2 is 1.96 bits per heavy atom. The Kier molecular flexibility index (Phi) is 6.16. The standard InChI is InChI=1S/C15H18F2N8OS/c1-2-3-8-24-12(19-22-23-24)9-27-15-21-20-13(25(15)18)10-4-6-11(7-5-10)26-14(16)17/h4-7,14H,2-3,8-9,18H2,1H3. The zero-order chi connectivity index (χ0) is 19.2. The molecule has 144 valence electrons. The van der Waals surface area contributed by atoms with Crippen LogP contribution in [-0.2, 0) is 12.3 Å². The van der Waals surface area contributed by atoms with Gasteiger partial charge in [0.25, 0.3) is 0 Å². The molecule has 0 radical (unpaired) electrons. The molecular formula is C15H18F2N8OS. The van der Waals surface area contributed by atoms with Crippen molar-refractivity contribution in [3.05, 3.63) is 30.1 Å². The number of alkyl halides is 2. The second kappa shape index (κ2) is 8.75. The monoisotopic (exact) mass is 396 g/mol. The van der Waals surface area contributed by atoms with E-state index in [4.69, 9.17) is 5.84 Å². The molecular weight excluding hydrogens is 378 g/mol. The Labute approximate surface area is 157 Å². The van der Waals surface area contributed by atoms with E-state index in [0.717, 1.165) is 25.2 Å². The third-order valence-electron chi connectivity index (χ3n) is 3.66. The molecule has 0 saturated carbocycles. The van der Waals surface area contributed by atoms with Gasteiger partial charge >= 0.3 is 6.61 Å². The van der Waals surface area contributed by atoms with Gasteiger partial charge in [-0.15, -0.1) is 15.3 Å². The van der Waals surface area contributed by atoms with Crippen molar-refractivity contribution in [3.63, 3.8) is 0 Å². The van der Waals surface area contributed by atoms with Crippen LogP contribution in [0, 0.1) is 0 Å². The highest BCUT2D eigenvalue weighted by Crippen LogP contribution is 2.25. The first-order valence-electron chi connectivity index (χ1n) is 8.22. The Morgan fingerprint density at radius 1 is 1.19 bits per heavy atom. The van der Waals surface area contributed by atoms with E-state index < -0.39 is 6.61 Å². The number of nitrogen functional groups attached to an aromatic ring is 1. The lowest BCUT2D eigenvalue weighted by Gasteiger charge is -2.06. The van der Waals surface area contributed by atoms with E-state index in [1.807, 2.05) is 0 Å². The number of ether oxygens (including phenoxy) is 1. The number of aryl methyl sites for hydroxylation is 1. The molecule has 12 heteroatoms. The van der Waals surface area contributed by atoms with Gasteiger partial charge < -0.3 is 10.6 Å². The maximum Gasteiger partial charge on any atom is 0.387 e. The number of hydrogen-bond acceptors (Lipinski definition) is 8. The van der Waals surface area contributed by atoms with Gasteiger partial charge in [0.05, 0.1) is 5.75 Å². The lowest BCUT2D eigenvalue weighted by molar-refractivity contribution is -0.0498. The van der Waals surface area contributed by atoms with E-state index in [0.29, 0.717) is 22.3 Å². The summed E-state index contributed by atoms with van der Waals surface area (Å²) in [5.41, 5.74) is 0.631. The maximum atomic E-state index is 12.2. The molecule has 0 spiro atoms. The fourth-order valence-electron chi connectivity index (χ4n) is 2.30. The summed E-state index contributed by atoms with van der Waals surface area (Å²) in [6.07, 6.45) is 2.04. The van der Waals surface area contributed by atoms with Crippen LogP contribution in [0.1, 0.15) is 25.6 Å². The second-order valence-electron chi connectivity index (χ2n) is 5.54. The average molecular weight is 396 g/mol. The Bertz CT molecular complexity index is 867. The maximum absolute atomic E-state index is 12.2. The molecule has 0 saturated heterocycles. The molecule has 2 N–H and O–H groups in total. The van der Waals surface area contributed by atoms with Crippen LogP contribution in [0.15, 0.2) is 29.4 Å². The number of rotatable bonds is 9. The highest BCUT2D eigenvalue weighted by molar-refractivity contribution is 7.98. The first-order valence-corrected chi connectivity index (χ1v) is 9.20. The van der Waals surface area contributed by atoms with Crippen LogP contribution in [0.3, 0.4) is 0 Å². The minimum Gasteiger partial charge on any atom is -0.435 e. The van der Waals surface area contributed by atoms with Crippen LogP contribution < -0.4 is 10.6 Å².